The van der Waals surface area contributed by atoms with Gasteiger partial charge in [0.1, 0.15) is 0 Å². The highest BCUT2D eigenvalue weighted by atomic mass is 16.2. The summed E-state index contributed by atoms with van der Waals surface area (Å²) in [4.78, 5) is 28.4. The number of amides is 2. The third kappa shape index (κ3) is 4.04. The average molecular weight is 351 g/mol. The van der Waals surface area contributed by atoms with Crippen LogP contribution in [-0.2, 0) is 16.0 Å². The average Bonchev–Trinajstić information content (AvgIpc) is 2.92. The molecule has 136 valence electrons. The highest BCUT2D eigenvalue weighted by molar-refractivity contribution is 5.95. The fraction of sp³-hybridized carbons (Fsp3) is 0.333. The Balaban J connectivity index is 1.56. The van der Waals surface area contributed by atoms with Crippen LogP contribution in [0.2, 0.25) is 0 Å². The Morgan fingerprint density at radius 2 is 1.85 bits per heavy atom. The van der Waals surface area contributed by atoms with Gasteiger partial charge in [-0.25, -0.2) is 0 Å². The van der Waals surface area contributed by atoms with Crippen LogP contribution < -0.4 is 10.2 Å². The predicted octanol–water partition coefficient (Wildman–Crippen LogP) is 2.84. The summed E-state index contributed by atoms with van der Waals surface area (Å²) in [6, 6.07) is 16.1. The lowest BCUT2D eigenvalue weighted by atomic mass is 10.1. The van der Waals surface area contributed by atoms with Crippen molar-refractivity contribution in [3.05, 3.63) is 59.7 Å². The lowest BCUT2D eigenvalue weighted by molar-refractivity contribution is -0.132. The molecule has 0 aromatic heterocycles. The van der Waals surface area contributed by atoms with Gasteiger partial charge in [-0.05, 0) is 44.0 Å². The normalized spacial score (nSPS) is 15.5. The standard InChI is InChI=1S/C21H25N3O2/c1-15-8-10-18(11-9-15)22-20(25)13-23(3)21(26)14-24-16(2)12-17-6-4-5-7-19(17)24/h4-11,16H,12-14H2,1-3H3,(H,22,25)/t16-/m0/s1. The summed E-state index contributed by atoms with van der Waals surface area (Å²) >= 11 is 0. The molecule has 1 aliphatic heterocycles. The first-order valence-electron chi connectivity index (χ1n) is 8.89. The second kappa shape index (κ2) is 7.60. The first kappa shape index (κ1) is 18.0. The Kier molecular flexibility index (Phi) is 5.26. The Morgan fingerprint density at radius 3 is 2.58 bits per heavy atom. The molecule has 1 heterocycles. The van der Waals surface area contributed by atoms with Gasteiger partial charge in [0.25, 0.3) is 0 Å². The van der Waals surface area contributed by atoms with Gasteiger partial charge in [0.15, 0.2) is 0 Å². The number of benzene rings is 2. The van der Waals surface area contributed by atoms with Crippen LogP contribution >= 0.6 is 0 Å². The largest absolute Gasteiger partial charge is 0.359 e. The van der Waals surface area contributed by atoms with Crippen molar-refractivity contribution in [3.63, 3.8) is 0 Å². The zero-order valence-electron chi connectivity index (χ0n) is 15.5. The van der Waals surface area contributed by atoms with Crippen LogP contribution in [0.5, 0.6) is 0 Å². The molecule has 26 heavy (non-hydrogen) atoms. The van der Waals surface area contributed by atoms with E-state index in [0.717, 1.165) is 23.4 Å². The highest BCUT2D eigenvalue weighted by Gasteiger charge is 2.28. The number of nitrogens with zero attached hydrogens (tertiary/aromatic N) is 2. The summed E-state index contributed by atoms with van der Waals surface area (Å²) in [5, 5.41) is 2.83. The summed E-state index contributed by atoms with van der Waals surface area (Å²) in [6.45, 7) is 4.44. The second-order valence-electron chi connectivity index (χ2n) is 6.97. The first-order chi connectivity index (χ1) is 12.4. The third-order valence-electron chi connectivity index (χ3n) is 4.80. The number of likely N-dealkylation sites (N-methyl/N-ethyl adjacent to an activating group) is 1. The molecular weight excluding hydrogens is 326 g/mol. The maximum atomic E-state index is 12.6. The van der Waals surface area contributed by atoms with Gasteiger partial charge < -0.3 is 15.1 Å². The monoisotopic (exact) mass is 351 g/mol. The van der Waals surface area contributed by atoms with E-state index < -0.39 is 0 Å². The molecule has 0 aliphatic carbocycles. The molecule has 3 rings (SSSR count). The minimum atomic E-state index is -0.195. The molecule has 0 bridgehead atoms. The molecule has 1 aliphatic rings. The van der Waals surface area contributed by atoms with Gasteiger partial charge in [0.05, 0.1) is 13.1 Å². The smallest absolute Gasteiger partial charge is 0.243 e. The van der Waals surface area contributed by atoms with Crippen molar-refractivity contribution in [1.29, 1.82) is 0 Å². The summed E-state index contributed by atoms with van der Waals surface area (Å²) < 4.78 is 0. The van der Waals surface area contributed by atoms with Crippen molar-refractivity contribution in [2.75, 3.05) is 30.4 Å². The Bertz CT molecular complexity index is 801. The van der Waals surface area contributed by atoms with Crippen molar-refractivity contribution < 1.29 is 9.59 Å². The van der Waals surface area contributed by atoms with E-state index >= 15 is 0 Å². The number of aryl methyl sites for hydroxylation is 1. The van der Waals surface area contributed by atoms with Crippen LogP contribution in [0, 0.1) is 6.92 Å². The predicted molar refractivity (Wildman–Crippen MR) is 104 cm³/mol. The molecule has 2 amide bonds. The zero-order chi connectivity index (χ0) is 18.7. The molecule has 5 heteroatoms. The number of carbonyl (C=O) groups excluding carboxylic acids is 2. The summed E-state index contributed by atoms with van der Waals surface area (Å²) in [7, 11) is 1.67. The van der Waals surface area contributed by atoms with Crippen molar-refractivity contribution in [1.82, 2.24) is 4.90 Å². The number of carbonyl (C=O) groups is 2. The molecular formula is C21H25N3O2. The number of hydrogen-bond donors (Lipinski definition) is 1. The molecule has 0 unspecified atom stereocenters. The summed E-state index contributed by atoms with van der Waals surface area (Å²) in [6.07, 6.45) is 0.946. The Morgan fingerprint density at radius 1 is 1.15 bits per heavy atom. The van der Waals surface area contributed by atoms with E-state index in [1.165, 1.54) is 10.5 Å². The van der Waals surface area contributed by atoms with Gasteiger partial charge in [-0.2, -0.15) is 0 Å². The van der Waals surface area contributed by atoms with Gasteiger partial charge in [0.2, 0.25) is 11.8 Å². The van der Waals surface area contributed by atoms with E-state index in [-0.39, 0.29) is 30.9 Å². The van der Waals surface area contributed by atoms with Crippen LogP contribution in [0.25, 0.3) is 0 Å². The molecule has 2 aromatic rings. The van der Waals surface area contributed by atoms with Crippen LogP contribution in [0.1, 0.15) is 18.1 Å². The number of hydrogen-bond acceptors (Lipinski definition) is 3. The fourth-order valence-electron chi connectivity index (χ4n) is 3.28. The van der Waals surface area contributed by atoms with Gasteiger partial charge in [-0.15, -0.1) is 0 Å². The Hall–Kier alpha value is -2.82. The van der Waals surface area contributed by atoms with Crippen LogP contribution in [-0.4, -0.2) is 42.9 Å². The topological polar surface area (TPSA) is 52.7 Å². The molecule has 0 saturated carbocycles. The zero-order valence-corrected chi connectivity index (χ0v) is 15.5. The lowest BCUT2D eigenvalue weighted by Gasteiger charge is -2.27. The quantitative estimate of drug-likeness (QED) is 0.901. The molecule has 0 saturated heterocycles. The van der Waals surface area contributed by atoms with E-state index in [4.69, 9.17) is 0 Å². The van der Waals surface area contributed by atoms with Crippen molar-refractivity contribution >= 4 is 23.2 Å². The van der Waals surface area contributed by atoms with Crippen molar-refractivity contribution in [2.45, 2.75) is 26.3 Å². The highest BCUT2D eigenvalue weighted by Crippen LogP contribution is 2.31. The van der Waals surface area contributed by atoms with E-state index in [1.54, 1.807) is 7.05 Å². The van der Waals surface area contributed by atoms with Gasteiger partial charge in [0, 0.05) is 24.5 Å². The minimum absolute atomic E-state index is 0.0383. The van der Waals surface area contributed by atoms with E-state index in [0.29, 0.717) is 0 Å². The molecule has 0 spiro atoms. The van der Waals surface area contributed by atoms with Crippen molar-refractivity contribution in [2.24, 2.45) is 0 Å². The SMILES string of the molecule is Cc1ccc(NC(=O)CN(C)C(=O)CN2c3ccccc3C[C@@H]2C)cc1. The molecule has 0 fully saturated rings. The number of fused-ring (bicyclic) bond motifs is 1. The van der Waals surface area contributed by atoms with E-state index in [9.17, 15) is 9.59 Å². The third-order valence-corrected chi connectivity index (χ3v) is 4.80. The molecule has 1 N–H and O–H groups in total. The fourth-order valence-corrected chi connectivity index (χ4v) is 3.28. The Labute approximate surface area is 154 Å². The lowest BCUT2D eigenvalue weighted by Crippen LogP contribution is -2.43. The van der Waals surface area contributed by atoms with Crippen molar-refractivity contribution in [3.8, 4) is 0 Å². The van der Waals surface area contributed by atoms with E-state index in [2.05, 4.69) is 29.3 Å². The minimum Gasteiger partial charge on any atom is -0.359 e. The number of anilines is 2. The summed E-state index contributed by atoms with van der Waals surface area (Å²) in [5.41, 5.74) is 4.26. The maximum absolute atomic E-state index is 12.6. The first-order valence-corrected chi connectivity index (χ1v) is 8.89. The van der Waals surface area contributed by atoms with E-state index in [1.807, 2.05) is 43.3 Å². The van der Waals surface area contributed by atoms with Gasteiger partial charge in [-0.1, -0.05) is 35.9 Å². The molecule has 2 aromatic carbocycles. The molecule has 1 atom stereocenters. The van der Waals surface area contributed by atoms with Crippen LogP contribution in [0.4, 0.5) is 11.4 Å². The van der Waals surface area contributed by atoms with Gasteiger partial charge >= 0.3 is 0 Å². The van der Waals surface area contributed by atoms with Crippen LogP contribution in [0.15, 0.2) is 48.5 Å². The summed E-state index contributed by atoms with van der Waals surface area (Å²) in [5.74, 6) is -0.257. The van der Waals surface area contributed by atoms with Gasteiger partial charge in [-0.3, -0.25) is 9.59 Å². The second-order valence-corrected chi connectivity index (χ2v) is 6.97. The van der Waals surface area contributed by atoms with Crippen LogP contribution in [0.3, 0.4) is 0 Å². The number of nitrogens with one attached hydrogen (secondary N) is 1. The number of rotatable bonds is 5. The molecule has 5 nitrogen and oxygen atoms in total. The molecule has 0 radical (unpaired) electrons. The maximum Gasteiger partial charge on any atom is 0.243 e. The number of para-hydroxylation sites is 1.